The van der Waals surface area contributed by atoms with Gasteiger partial charge in [-0.3, -0.25) is 4.79 Å². The lowest BCUT2D eigenvalue weighted by molar-refractivity contribution is -0.112. The molecule has 1 amide bonds. The Bertz CT molecular complexity index is 734. The highest BCUT2D eigenvalue weighted by molar-refractivity contribution is 6.09. The molecule has 0 aliphatic carbocycles. The van der Waals surface area contributed by atoms with Gasteiger partial charge in [0.2, 0.25) is 0 Å². The second-order valence-corrected chi connectivity index (χ2v) is 4.16. The Morgan fingerprint density at radius 3 is 2.48 bits per heavy atom. The number of amides is 1. The van der Waals surface area contributed by atoms with Gasteiger partial charge in [-0.15, -0.1) is 0 Å². The number of rotatable bonds is 3. The monoisotopic (exact) mass is 284 g/mol. The van der Waals surface area contributed by atoms with Gasteiger partial charge in [0.15, 0.2) is 0 Å². The van der Waals surface area contributed by atoms with Crippen LogP contribution in [0.15, 0.2) is 54.1 Å². The zero-order valence-corrected chi connectivity index (χ0v) is 10.8. The summed E-state index contributed by atoms with van der Waals surface area (Å²) in [4.78, 5) is 11.9. The lowest BCUT2D eigenvalue weighted by Gasteiger charge is -2.04. The van der Waals surface area contributed by atoms with Crippen molar-refractivity contribution in [1.29, 1.82) is 5.26 Å². The predicted octanol–water partition coefficient (Wildman–Crippen LogP) is 3.51. The van der Waals surface area contributed by atoms with Crippen LogP contribution in [0.2, 0.25) is 0 Å². The Hall–Kier alpha value is -3.00. The van der Waals surface area contributed by atoms with Crippen molar-refractivity contribution in [3.8, 4) is 6.07 Å². The molecule has 104 valence electrons. The summed E-state index contributed by atoms with van der Waals surface area (Å²) in [5.41, 5.74) is 0.212. The third-order valence-corrected chi connectivity index (χ3v) is 2.66. The van der Waals surface area contributed by atoms with E-state index in [1.165, 1.54) is 0 Å². The predicted molar refractivity (Wildman–Crippen MR) is 75.0 cm³/mol. The smallest absolute Gasteiger partial charge is 0.266 e. The van der Waals surface area contributed by atoms with Gasteiger partial charge in [-0.2, -0.15) is 5.26 Å². The number of carbonyl (C=O) groups is 1. The van der Waals surface area contributed by atoms with Crippen LogP contribution in [-0.4, -0.2) is 5.91 Å². The topological polar surface area (TPSA) is 52.9 Å². The van der Waals surface area contributed by atoms with E-state index < -0.39 is 17.5 Å². The molecule has 21 heavy (non-hydrogen) atoms. The first-order chi connectivity index (χ1) is 10.1. The second kappa shape index (κ2) is 6.44. The van der Waals surface area contributed by atoms with Gasteiger partial charge >= 0.3 is 0 Å². The average molecular weight is 284 g/mol. The number of anilines is 1. The van der Waals surface area contributed by atoms with E-state index in [1.54, 1.807) is 36.4 Å². The molecule has 0 unspecified atom stereocenters. The van der Waals surface area contributed by atoms with Crippen LogP contribution in [0.4, 0.5) is 14.5 Å². The molecule has 5 heteroatoms. The first kappa shape index (κ1) is 14.4. The van der Waals surface area contributed by atoms with Gasteiger partial charge in [-0.1, -0.05) is 18.2 Å². The van der Waals surface area contributed by atoms with Crippen molar-refractivity contribution in [2.75, 3.05) is 5.32 Å². The minimum atomic E-state index is -0.838. The number of benzene rings is 2. The number of halogens is 2. The quantitative estimate of drug-likeness (QED) is 0.692. The Morgan fingerprint density at radius 1 is 1.14 bits per heavy atom. The molecule has 0 aliphatic rings. The van der Waals surface area contributed by atoms with Crippen LogP contribution in [0.1, 0.15) is 5.56 Å². The number of carbonyl (C=O) groups excluding carboxylic acids is 1. The molecule has 0 heterocycles. The maximum absolute atomic E-state index is 13.5. The highest BCUT2D eigenvalue weighted by Crippen LogP contribution is 2.15. The van der Waals surface area contributed by atoms with Crippen molar-refractivity contribution >= 4 is 17.7 Å². The van der Waals surface area contributed by atoms with Crippen molar-refractivity contribution in [2.45, 2.75) is 0 Å². The summed E-state index contributed by atoms with van der Waals surface area (Å²) < 4.78 is 26.3. The van der Waals surface area contributed by atoms with Crippen LogP contribution in [0.5, 0.6) is 0 Å². The summed E-state index contributed by atoms with van der Waals surface area (Å²) in [6.07, 6.45) is 1.08. The third kappa shape index (κ3) is 3.74. The van der Waals surface area contributed by atoms with Gasteiger partial charge in [0.1, 0.15) is 23.3 Å². The minimum absolute atomic E-state index is 0.0313. The fourth-order valence-corrected chi connectivity index (χ4v) is 1.64. The normalized spacial score (nSPS) is 10.8. The Kier molecular flexibility index (Phi) is 4.42. The maximum Gasteiger partial charge on any atom is 0.266 e. The Labute approximate surface area is 120 Å². The summed E-state index contributed by atoms with van der Waals surface area (Å²) in [6, 6.07) is 13.2. The number of nitriles is 1. The zero-order chi connectivity index (χ0) is 15.2. The van der Waals surface area contributed by atoms with E-state index in [4.69, 9.17) is 5.26 Å². The van der Waals surface area contributed by atoms with Crippen LogP contribution in [-0.2, 0) is 4.79 Å². The van der Waals surface area contributed by atoms with Crippen molar-refractivity contribution < 1.29 is 13.6 Å². The average Bonchev–Trinajstić information content (AvgIpc) is 2.47. The SMILES string of the molecule is N#C/C(=C\c1ccc(F)cc1F)C(=O)Nc1ccccc1. The van der Waals surface area contributed by atoms with Gasteiger partial charge in [0.05, 0.1) is 0 Å². The number of nitrogens with zero attached hydrogens (tertiary/aromatic N) is 1. The van der Waals surface area contributed by atoms with Gasteiger partial charge < -0.3 is 5.32 Å². The molecule has 0 aliphatic heterocycles. The zero-order valence-electron chi connectivity index (χ0n) is 10.8. The van der Waals surface area contributed by atoms with Crippen molar-refractivity contribution in [1.82, 2.24) is 0 Å². The molecule has 2 aromatic carbocycles. The van der Waals surface area contributed by atoms with Gasteiger partial charge in [0, 0.05) is 17.3 Å². The molecule has 1 N–H and O–H groups in total. The van der Waals surface area contributed by atoms with Gasteiger partial charge in [-0.05, 0) is 30.3 Å². The van der Waals surface area contributed by atoms with E-state index >= 15 is 0 Å². The van der Waals surface area contributed by atoms with Gasteiger partial charge in [-0.25, -0.2) is 8.78 Å². The van der Waals surface area contributed by atoms with Crippen LogP contribution < -0.4 is 5.32 Å². The first-order valence-corrected chi connectivity index (χ1v) is 6.03. The molecule has 0 aromatic heterocycles. The van der Waals surface area contributed by atoms with Crippen LogP contribution in [0.25, 0.3) is 6.08 Å². The van der Waals surface area contributed by atoms with E-state index in [0.717, 1.165) is 18.2 Å². The van der Waals surface area contributed by atoms with E-state index in [0.29, 0.717) is 11.8 Å². The van der Waals surface area contributed by atoms with E-state index in [9.17, 15) is 13.6 Å². The fourth-order valence-electron chi connectivity index (χ4n) is 1.64. The molecule has 0 radical (unpaired) electrons. The molecular weight excluding hydrogens is 274 g/mol. The number of hydrogen-bond donors (Lipinski definition) is 1. The highest BCUT2D eigenvalue weighted by Gasteiger charge is 2.11. The van der Waals surface area contributed by atoms with Crippen LogP contribution in [0, 0.1) is 23.0 Å². The van der Waals surface area contributed by atoms with Gasteiger partial charge in [0.25, 0.3) is 5.91 Å². The third-order valence-electron chi connectivity index (χ3n) is 2.66. The molecule has 0 saturated carbocycles. The lowest BCUT2D eigenvalue weighted by Crippen LogP contribution is -2.13. The first-order valence-electron chi connectivity index (χ1n) is 6.03. The summed E-state index contributed by atoms with van der Waals surface area (Å²) in [5.74, 6) is -2.22. The Morgan fingerprint density at radius 2 is 1.86 bits per heavy atom. The molecule has 0 spiro atoms. The molecule has 2 rings (SSSR count). The van der Waals surface area contributed by atoms with E-state index in [-0.39, 0.29) is 11.1 Å². The molecule has 0 bridgehead atoms. The highest BCUT2D eigenvalue weighted by atomic mass is 19.1. The molecule has 0 fully saturated rings. The van der Waals surface area contributed by atoms with E-state index in [2.05, 4.69) is 5.32 Å². The van der Waals surface area contributed by atoms with Crippen molar-refractivity contribution in [2.24, 2.45) is 0 Å². The molecule has 0 atom stereocenters. The lowest BCUT2D eigenvalue weighted by atomic mass is 10.1. The maximum atomic E-state index is 13.5. The minimum Gasteiger partial charge on any atom is -0.321 e. The summed E-state index contributed by atoms with van der Waals surface area (Å²) >= 11 is 0. The number of hydrogen-bond acceptors (Lipinski definition) is 2. The van der Waals surface area contributed by atoms with Crippen molar-refractivity contribution in [3.05, 3.63) is 71.3 Å². The number of para-hydroxylation sites is 1. The molecule has 0 saturated heterocycles. The molecule has 2 aromatic rings. The summed E-state index contributed by atoms with van der Waals surface area (Å²) in [7, 11) is 0. The van der Waals surface area contributed by atoms with Crippen molar-refractivity contribution in [3.63, 3.8) is 0 Å². The van der Waals surface area contributed by atoms with Crippen LogP contribution in [0.3, 0.4) is 0 Å². The standard InChI is InChI=1S/C16H10F2N2O/c17-13-7-6-11(15(18)9-13)8-12(10-19)16(21)20-14-4-2-1-3-5-14/h1-9H,(H,20,21)/b12-8+. The summed E-state index contributed by atoms with van der Waals surface area (Å²) in [6.45, 7) is 0. The van der Waals surface area contributed by atoms with Crippen LogP contribution >= 0.6 is 0 Å². The molecule has 3 nitrogen and oxygen atoms in total. The summed E-state index contributed by atoms with van der Waals surface area (Å²) in [5, 5.41) is 11.5. The molecular formula is C16H10F2N2O. The van der Waals surface area contributed by atoms with E-state index in [1.807, 2.05) is 0 Å². The second-order valence-electron chi connectivity index (χ2n) is 4.16. The number of nitrogens with one attached hydrogen (secondary N) is 1. The fraction of sp³-hybridized carbons (Fsp3) is 0. The Balaban J connectivity index is 2.25. The largest absolute Gasteiger partial charge is 0.321 e.